The lowest BCUT2D eigenvalue weighted by Gasteiger charge is -2.34. The maximum atomic E-state index is 13.7. The van der Waals surface area contributed by atoms with Crippen molar-refractivity contribution in [1.29, 1.82) is 0 Å². The summed E-state index contributed by atoms with van der Waals surface area (Å²) in [4.78, 5) is 28.6. The number of para-hydroxylation sites is 1. The van der Waals surface area contributed by atoms with E-state index in [1.165, 1.54) is 16.0 Å². The van der Waals surface area contributed by atoms with Gasteiger partial charge in [0.15, 0.2) is 0 Å². The van der Waals surface area contributed by atoms with Gasteiger partial charge in [0, 0.05) is 32.2 Å². The van der Waals surface area contributed by atoms with E-state index in [9.17, 15) is 9.59 Å². The molecule has 0 bridgehead atoms. The number of carbonyl (C=O) groups is 2. The van der Waals surface area contributed by atoms with Crippen LogP contribution in [-0.2, 0) is 20.7 Å². The third kappa shape index (κ3) is 5.05. The Morgan fingerprint density at radius 1 is 0.935 bits per heavy atom. The molecule has 5 nitrogen and oxygen atoms in total. The van der Waals surface area contributed by atoms with E-state index < -0.39 is 0 Å². The first-order valence-corrected chi connectivity index (χ1v) is 11.5. The Labute approximate surface area is 184 Å². The van der Waals surface area contributed by atoms with E-state index in [1.54, 1.807) is 0 Å². The Morgan fingerprint density at radius 3 is 2.29 bits per heavy atom. The number of benzene rings is 2. The van der Waals surface area contributed by atoms with Crippen molar-refractivity contribution in [2.24, 2.45) is 11.8 Å². The molecule has 0 aromatic heterocycles. The fraction of sp³-hybridized carbons (Fsp3) is 0.462. The maximum absolute atomic E-state index is 13.7. The minimum atomic E-state index is -0.228. The number of aryl methyl sites for hydroxylation is 1. The molecule has 2 unspecified atom stereocenters. The average Bonchev–Trinajstić information content (AvgIpc) is 2.85. The van der Waals surface area contributed by atoms with Crippen molar-refractivity contribution in [3.05, 3.63) is 65.7 Å². The van der Waals surface area contributed by atoms with Crippen molar-refractivity contribution in [1.82, 2.24) is 5.32 Å². The van der Waals surface area contributed by atoms with Crippen LogP contribution in [0.4, 0.5) is 5.69 Å². The Kier molecular flexibility index (Phi) is 7.15. The number of rotatable bonds is 5. The number of nitrogens with zero attached hydrogens (tertiary/aromatic N) is 1. The Bertz CT molecular complexity index is 875. The molecule has 164 valence electrons. The van der Waals surface area contributed by atoms with Crippen LogP contribution in [0.5, 0.6) is 0 Å². The normalized spacial score (nSPS) is 22.1. The first kappa shape index (κ1) is 21.7. The second kappa shape index (κ2) is 10.2. The predicted octanol–water partition coefficient (Wildman–Crippen LogP) is 3.93. The number of piperidine rings is 1. The minimum absolute atomic E-state index is 0.0890. The van der Waals surface area contributed by atoms with Gasteiger partial charge in [0.1, 0.15) is 0 Å². The second-order valence-electron chi connectivity index (χ2n) is 8.62. The van der Waals surface area contributed by atoms with Gasteiger partial charge >= 0.3 is 0 Å². The van der Waals surface area contributed by atoms with E-state index in [0.717, 1.165) is 19.4 Å². The summed E-state index contributed by atoms with van der Waals surface area (Å²) in [5, 5.41) is 3.44. The number of imide groups is 1. The molecule has 2 aromatic carbocycles. The molecule has 0 spiro atoms. The first-order valence-electron chi connectivity index (χ1n) is 11.5. The van der Waals surface area contributed by atoms with Crippen molar-refractivity contribution in [2.45, 2.75) is 38.5 Å². The summed E-state index contributed by atoms with van der Waals surface area (Å²) in [6.07, 6.45) is 3.11. The molecular formula is C26H32N2O3. The number of nitrogens with one attached hydrogen (secondary N) is 1. The number of hydrogen-bond acceptors (Lipinski definition) is 4. The first-order chi connectivity index (χ1) is 15.2. The highest BCUT2D eigenvalue weighted by Crippen LogP contribution is 2.31. The van der Waals surface area contributed by atoms with E-state index in [0.29, 0.717) is 38.3 Å². The van der Waals surface area contributed by atoms with Crippen LogP contribution in [0.3, 0.4) is 0 Å². The zero-order valence-corrected chi connectivity index (χ0v) is 18.3. The van der Waals surface area contributed by atoms with Gasteiger partial charge in [-0.05, 0) is 54.9 Å². The molecule has 31 heavy (non-hydrogen) atoms. The van der Waals surface area contributed by atoms with Crippen LogP contribution >= 0.6 is 0 Å². The van der Waals surface area contributed by atoms with Crippen molar-refractivity contribution >= 4 is 17.5 Å². The second-order valence-corrected chi connectivity index (χ2v) is 8.62. The van der Waals surface area contributed by atoms with Crippen molar-refractivity contribution in [3.63, 3.8) is 0 Å². The molecule has 2 saturated heterocycles. The van der Waals surface area contributed by atoms with Crippen LogP contribution < -0.4 is 10.2 Å². The van der Waals surface area contributed by atoms with Gasteiger partial charge < -0.3 is 10.1 Å². The van der Waals surface area contributed by atoms with Crippen LogP contribution in [0.15, 0.2) is 54.6 Å². The van der Waals surface area contributed by atoms with Crippen LogP contribution in [0, 0.1) is 11.8 Å². The van der Waals surface area contributed by atoms with Gasteiger partial charge in [-0.2, -0.15) is 0 Å². The number of carbonyl (C=O) groups excluding carboxylic acids is 2. The highest BCUT2D eigenvalue weighted by molar-refractivity contribution is 6.16. The summed E-state index contributed by atoms with van der Waals surface area (Å²) in [6, 6.07) is 18.1. The summed E-state index contributed by atoms with van der Waals surface area (Å²) in [5.74, 6) is -0.302. The standard InChI is InChI=1S/C26H32N2O3/c1-2-19-8-10-20(11-9-19)22-16-23(18-27-17-22)26(30)28(24-6-4-3-5-7-24)25(29)21-12-14-31-15-13-21/h3-11,21-23,27H,2,12-18H2,1H3. The van der Waals surface area contributed by atoms with Gasteiger partial charge in [0.2, 0.25) is 11.8 Å². The Morgan fingerprint density at radius 2 is 1.61 bits per heavy atom. The molecule has 0 radical (unpaired) electrons. The van der Waals surface area contributed by atoms with Gasteiger partial charge in [-0.15, -0.1) is 0 Å². The minimum Gasteiger partial charge on any atom is -0.381 e. The highest BCUT2D eigenvalue weighted by atomic mass is 16.5. The van der Waals surface area contributed by atoms with E-state index >= 15 is 0 Å². The van der Waals surface area contributed by atoms with E-state index in [-0.39, 0.29) is 29.6 Å². The predicted molar refractivity (Wildman–Crippen MR) is 122 cm³/mol. The van der Waals surface area contributed by atoms with Crippen molar-refractivity contribution < 1.29 is 14.3 Å². The topological polar surface area (TPSA) is 58.6 Å². The highest BCUT2D eigenvalue weighted by Gasteiger charge is 2.37. The molecule has 5 heteroatoms. The van der Waals surface area contributed by atoms with Crippen LogP contribution in [0.2, 0.25) is 0 Å². The van der Waals surface area contributed by atoms with Gasteiger partial charge in [-0.3, -0.25) is 14.5 Å². The molecule has 2 heterocycles. The van der Waals surface area contributed by atoms with E-state index in [2.05, 4.69) is 36.5 Å². The third-order valence-corrected chi connectivity index (χ3v) is 6.58. The molecule has 2 aliphatic heterocycles. The molecular weight excluding hydrogens is 388 g/mol. The van der Waals surface area contributed by atoms with Gasteiger partial charge in [0.25, 0.3) is 0 Å². The lowest BCUT2D eigenvalue weighted by molar-refractivity contribution is -0.132. The Balaban J connectivity index is 1.54. The van der Waals surface area contributed by atoms with Crippen LogP contribution in [0.1, 0.15) is 43.2 Å². The molecule has 2 amide bonds. The molecule has 2 fully saturated rings. The number of ether oxygens (including phenoxy) is 1. The molecule has 1 N–H and O–H groups in total. The molecule has 2 atom stereocenters. The van der Waals surface area contributed by atoms with E-state index in [1.807, 2.05) is 30.3 Å². The monoisotopic (exact) mass is 420 g/mol. The number of anilines is 1. The maximum Gasteiger partial charge on any atom is 0.238 e. The molecule has 2 aliphatic rings. The molecule has 4 rings (SSSR count). The lowest BCUT2D eigenvalue weighted by atomic mass is 9.84. The summed E-state index contributed by atoms with van der Waals surface area (Å²) in [5.41, 5.74) is 3.24. The number of hydrogen-bond donors (Lipinski definition) is 1. The largest absolute Gasteiger partial charge is 0.381 e. The summed E-state index contributed by atoms with van der Waals surface area (Å²) in [6.45, 7) is 4.77. The zero-order valence-electron chi connectivity index (χ0n) is 18.3. The summed E-state index contributed by atoms with van der Waals surface area (Å²) < 4.78 is 5.43. The lowest BCUT2D eigenvalue weighted by Crippen LogP contribution is -2.49. The number of amides is 2. The van der Waals surface area contributed by atoms with Crippen molar-refractivity contribution in [2.75, 3.05) is 31.2 Å². The Hall–Kier alpha value is -2.50. The van der Waals surface area contributed by atoms with Gasteiger partial charge in [0.05, 0.1) is 11.6 Å². The third-order valence-electron chi connectivity index (χ3n) is 6.58. The summed E-state index contributed by atoms with van der Waals surface area (Å²) in [7, 11) is 0. The van der Waals surface area contributed by atoms with E-state index in [4.69, 9.17) is 4.74 Å². The molecule has 2 aromatic rings. The zero-order chi connectivity index (χ0) is 21.6. The average molecular weight is 421 g/mol. The van der Waals surface area contributed by atoms with Crippen molar-refractivity contribution in [3.8, 4) is 0 Å². The van der Waals surface area contributed by atoms with Crippen LogP contribution in [-0.4, -0.2) is 38.1 Å². The smallest absolute Gasteiger partial charge is 0.238 e. The van der Waals surface area contributed by atoms with Gasteiger partial charge in [-0.25, -0.2) is 0 Å². The fourth-order valence-electron chi connectivity index (χ4n) is 4.66. The van der Waals surface area contributed by atoms with Crippen LogP contribution in [0.25, 0.3) is 0 Å². The molecule has 0 saturated carbocycles. The SMILES string of the molecule is CCc1ccc(C2CNCC(C(=O)N(C(=O)C3CCOCC3)c3ccccc3)C2)cc1. The molecule has 0 aliphatic carbocycles. The summed E-state index contributed by atoms with van der Waals surface area (Å²) >= 11 is 0. The quantitative estimate of drug-likeness (QED) is 0.745. The van der Waals surface area contributed by atoms with Gasteiger partial charge in [-0.1, -0.05) is 49.4 Å². The fourth-order valence-corrected chi connectivity index (χ4v) is 4.66.